The molecule has 0 aliphatic rings. The molecule has 0 saturated carbocycles. The Morgan fingerprint density at radius 1 is 1.41 bits per heavy atom. The van der Waals surface area contributed by atoms with Crippen LogP contribution in [-0.4, -0.2) is 10.9 Å². The van der Waals surface area contributed by atoms with Crippen molar-refractivity contribution in [3.05, 3.63) is 51.4 Å². The Hall–Kier alpha value is -1.39. The number of hydrogen-bond donors (Lipinski definition) is 1. The van der Waals surface area contributed by atoms with Crippen LogP contribution in [0.2, 0.25) is 4.34 Å². The summed E-state index contributed by atoms with van der Waals surface area (Å²) in [7, 11) is 0. The maximum Gasteiger partial charge on any atom is 0.261 e. The molecule has 2 rings (SSSR count). The first-order valence-corrected chi connectivity index (χ1v) is 6.33. The molecule has 0 aliphatic carbocycles. The van der Waals surface area contributed by atoms with E-state index in [2.05, 4.69) is 10.3 Å². The molecule has 0 aromatic carbocycles. The number of rotatable bonds is 3. The van der Waals surface area contributed by atoms with Crippen molar-refractivity contribution in [2.45, 2.75) is 13.0 Å². The van der Waals surface area contributed by atoms with Crippen molar-refractivity contribution in [3.8, 4) is 0 Å². The van der Waals surface area contributed by atoms with Crippen LogP contribution >= 0.6 is 22.9 Å². The second-order valence-corrected chi connectivity index (χ2v) is 5.27. The SMILES string of the molecule is CC(NC(=O)c1ccc(Cl)s1)c1ccccn1. The van der Waals surface area contributed by atoms with Crippen LogP contribution in [0.3, 0.4) is 0 Å². The van der Waals surface area contributed by atoms with Gasteiger partial charge in [0, 0.05) is 6.20 Å². The lowest BCUT2D eigenvalue weighted by molar-refractivity contribution is 0.0943. The number of nitrogens with one attached hydrogen (secondary N) is 1. The summed E-state index contributed by atoms with van der Waals surface area (Å²) in [5, 5.41) is 2.88. The summed E-state index contributed by atoms with van der Waals surface area (Å²) in [4.78, 5) is 16.7. The molecule has 2 heterocycles. The van der Waals surface area contributed by atoms with Crippen molar-refractivity contribution >= 4 is 28.8 Å². The molecule has 5 heteroatoms. The van der Waals surface area contributed by atoms with Crippen LogP contribution in [0.15, 0.2) is 36.5 Å². The molecule has 1 amide bonds. The van der Waals surface area contributed by atoms with Crippen molar-refractivity contribution < 1.29 is 4.79 Å². The fourth-order valence-electron chi connectivity index (χ4n) is 1.41. The molecule has 2 aromatic rings. The topological polar surface area (TPSA) is 42.0 Å². The van der Waals surface area contributed by atoms with Crippen LogP contribution in [-0.2, 0) is 0 Å². The molecular weight excluding hydrogens is 256 g/mol. The summed E-state index contributed by atoms with van der Waals surface area (Å²) in [6, 6.07) is 8.93. The van der Waals surface area contributed by atoms with Crippen LogP contribution < -0.4 is 5.32 Å². The van der Waals surface area contributed by atoms with E-state index in [0.29, 0.717) is 9.21 Å². The highest BCUT2D eigenvalue weighted by Crippen LogP contribution is 2.22. The second-order valence-electron chi connectivity index (χ2n) is 3.55. The Kier molecular flexibility index (Phi) is 3.76. The maximum absolute atomic E-state index is 11.9. The van der Waals surface area contributed by atoms with Crippen LogP contribution in [0.4, 0.5) is 0 Å². The molecule has 0 spiro atoms. The van der Waals surface area contributed by atoms with Crippen LogP contribution in [0.1, 0.15) is 28.3 Å². The first-order chi connectivity index (χ1) is 8.16. The van der Waals surface area contributed by atoms with Gasteiger partial charge < -0.3 is 5.32 Å². The fraction of sp³-hybridized carbons (Fsp3) is 0.167. The van der Waals surface area contributed by atoms with Gasteiger partial charge >= 0.3 is 0 Å². The molecule has 1 atom stereocenters. The number of carbonyl (C=O) groups is 1. The summed E-state index contributed by atoms with van der Waals surface area (Å²) in [5.41, 5.74) is 0.837. The molecule has 0 radical (unpaired) electrons. The molecule has 0 fully saturated rings. The van der Waals surface area contributed by atoms with E-state index in [-0.39, 0.29) is 11.9 Å². The lowest BCUT2D eigenvalue weighted by atomic mass is 10.2. The van der Waals surface area contributed by atoms with Gasteiger partial charge in [-0.1, -0.05) is 17.7 Å². The van der Waals surface area contributed by atoms with E-state index < -0.39 is 0 Å². The second kappa shape index (κ2) is 5.29. The number of hydrogen-bond acceptors (Lipinski definition) is 3. The summed E-state index contributed by atoms with van der Waals surface area (Å²) >= 11 is 7.05. The summed E-state index contributed by atoms with van der Waals surface area (Å²) < 4.78 is 0.612. The van der Waals surface area contributed by atoms with Crippen molar-refractivity contribution in [1.29, 1.82) is 0 Å². The third-order valence-corrected chi connectivity index (χ3v) is 3.51. The zero-order valence-electron chi connectivity index (χ0n) is 9.18. The molecule has 0 aliphatic heterocycles. The highest BCUT2D eigenvalue weighted by Gasteiger charge is 2.13. The van der Waals surface area contributed by atoms with Gasteiger partial charge in [0.15, 0.2) is 0 Å². The highest BCUT2D eigenvalue weighted by atomic mass is 35.5. The molecule has 2 aromatic heterocycles. The Bertz CT molecular complexity index is 512. The van der Waals surface area contributed by atoms with Gasteiger partial charge in [0.05, 0.1) is 20.9 Å². The Morgan fingerprint density at radius 3 is 2.82 bits per heavy atom. The zero-order chi connectivity index (χ0) is 12.3. The van der Waals surface area contributed by atoms with Crippen LogP contribution in [0.25, 0.3) is 0 Å². The molecule has 3 nitrogen and oxygen atoms in total. The van der Waals surface area contributed by atoms with E-state index in [0.717, 1.165) is 5.69 Å². The molecule has 0 bridgehead atoms. The average Bonchev–Trinajstić information content (AvgIpc) is 2.77. The van der Waals surface area contributed by atoms with E-state index in [9.17, 15) is 4.79 Å². The largest absolute Gasteiger partial charge is 0.343 e. The van der Waals surface area contributed by atoms with E-state index in [1.807, 2.05) is 25.1 Å². The molecule has 88 valence electrons. The van der Waals surface area contributed by atoms with Gasteiger partial charge in [0.1, 0.15) is 0 Å². The van der Waals surface area contributed by atoms with E-state index in [1.165, 1.54) is 11.3 Å². The summed E-state index contributed by atoms with van der Waals surface area (Å²) in [5.74, 6) is -0.125. The number of amides is 1. The standard InChI is InChI=1S/C12H11ClN2OS/c1-8(9-4-2-3-7-14-9)15-12(16)10-5-6-11(13)17-10/h2-8H,1H3,(H,15,16). The number of nitrogens with zero attached hydrogens (tertiary/aromatic N) is 1. The number of carbonyl (C=O) groups excluding carboxylic acids is 1. The molecule has 0 saturated heterocycles. The fourth-order valence-corrected chi connectivity index (χ4v) is 2.36. The predicted octanol–water partition coefficient (Wildman–Crippen LogP) is 3.29. The van der Waals surface area contributed by atoms with Gasteiger partial charge in [-0.2, -0.15) is 0 Å². The van der Waals surface area contributed by atoms with Gasteiger partial charge in [0.25, 0.3) is 5.91 Å². The lowest BCUT2D eigenvalue weighted by Gasteiger charge is -2.12. The van der Waals surface area contributed by atoms with Crippen molar-refractivity contribution in [1.82, 2.24) is 10.3 Å². The van der Waals surface area contributed by atoms with Crippen LogP contribution in [0.5, 0.6) is 0 Å². The normalized spacial score (nSPS) is 12.1. The molecule has 1 unspecified atom stereocenters. The van der Waals surface area contributed by atoms with E-state index in [1.54, 1.807) is 18.3 Å². The summed E-state index contributed by atoms with van der Waals surface area (Å²) in [6.45, 7) is 1.90. The minimum Gasteiger partial charge on any atom is -0.343 e. The minimum absolute atomic E-state index is 0.121. The maximum atomic E-state index is 11.9. The lowest BCUT2D eigenvalue weighted by Crippen LogP contribution is -2.26. The third-order valence-electron chi connectivity index (χ3n) is 2.28. The quantitative estimate of drug-likeness (QED) is 0.926. The van der Waals surface area contributed by atoms with Crippen molar-refractivity contribution in [3.63, 3.8) is 0 Å². The van der Waals surface area contributed by atoms with Crippen LogP contribution in [0, 0.1) is 0 Å². The Morgan fingerprint density at radius 2 is 2.24 bits per heavy atom. The van der Waals surface area contributed by atoms with Gasteiger partial charge in [-0.3, -0.25) is 9.78 Å². The monoisotopic (exact) mass is 266 g/mol. The number of aromatic nitrogens is 1. The summed E-state index contributed by atoms with van der Waals surface area (Å²) in [6.07, 6.45) is 1.71. The smallest absolute Gasteiger partial charge is 0.261 e. The first-order valence-electron chi connectivity index (χ1n) is 5.14. The van der Waals surface area contributed by atoms with Gasteiger partial charge in [-0.15, -0.1) is 11.3 Å². The number of thiophene rings is 1. The Labute approximate surface area is 108 Å². The first kappa shape index (κ1) is 12.1. The Balaban J connectivity index is 2.04. The molecule has 1 N–H and O–H groups in total. The minimum atomic E-state index is -0.125. The highest BCUT2D eigenvalue weighted by molar-refractivity contribution is 7.17. The van der Waals surface area contributed by atoms with Gasteiger partial charge in [0.2, 0.25) is 0 Å². The number of halogens is 1. The van der Waals surface area contributed by atoms with Gasteiger partial charge in [-0.25, -0.2) is 0 Å². The molecule has 17 heavy (non-hydrogen) atoms. The average molecular weight is 267 g/mol. The van der Waals surface area contributed by atoms with Gasteiger partial charge in [-0.05, 0) is 31.2 Å². The number of pyridine rings is 1. The van der Waals surface area contributed by atoms with E-state index in [4.69, 9.17) is 11.6 Å². The third kappa shape index (κ3) is 3.05. The van der Waals surface area contributed by atoms with E-state index >= 15 is 0 Å². The predicted molar refractivity (Wildman–Crippen MR) is 69.4 cm³/mol. The van der Waals surface area contributed by atoms with Crippen molar-refractivity contribution in [2.24, 2.45) is 0 Å². The van der Waals surface area contributed by atoms with Crippen molar-refractivity contribution in [2.75, 3.05) is 0 Å². The zero-order valence-corrected chi connectivity index (χ0v) is 10.8. The molecular formula is C12H11ClN2OS.